The third-order valence-corrected chi connectivity index (χ3v) is 6.83. The van der Waals surface area contributed by atoms with Crippen molar-refractivity contribution in [2.24, 2.45) is 5.41 Å². The number of amides is 1. The molecule has 0 aromatic carbocycles. The van der Waals surface area contributed by atoms with E-state index in [2.05, 4.69) is 53.2 Å². The van der Waals surface area contributed by atoms with E-state index in [0.717, 1.165) is 67.9 Å². The quantitative estimate of drug-likeness (QED) is 0.694. The van der Waals surface area contributed by atoms with Gasteiger partial charge in [0, 0.05) is 56.9 Å². The predicted molar refractivity (Wildman–Crippen MR) is 119 cm³/mol. The van der Waals surface area contributed by atoms with Gasteiger partial charge in [-0.15, -0.1) is 0 Å². The van der Waals surface area contributed by atoms with Crippen LogP contribution in [0.5, 0.6) is 0 Å². The molecule has 7 nitrogen and oxygen atoms in total. The van der Waals surface area contributed by atoms with E-state index in [9.17, 15) is 4.79 Å². The standard InChI is InChI=1S/C23H35N5O2/c1-16(2)28-15-24-20-19(28)14-18(25-21(20)26(4)12-13-30-5)17-6-10-27(11-7-17)22(29)23(3)8-9-23/h14-17H,6-13H2,1-5H3. The molecule has 1 saturated heterocycles. The molecule has 2 aliphatic rings. The van der Waals surface area contributed by atoms with Gasteiger partial charge in [-0.2, -0.15) is 0 Å². The number of imidazole rings is 1. The summed E-state index contributed by atoms with van der Waals surface area (Å²) in [6, 6.07) is 2.56. The maximum Gasteiger partial charge on any atom is 0.228 e. The van der Waals surface area contributed by atoms with Crippen LogP contribution in [0.4, 0.5) is 5.82 Å². The number of carbonyl (C=O) groups excluding carboxylic acids is 1. The molecule has 0 unspecified atom stereocenters. The lowest BCUT2D eigenvalue weighted by molar-refractivity contribution is -0.137. The molecule has 2 aromatic rings. The Morgan fingerprint density at radius 3 is 2.63 bits per heavy atom. The fourth-order valence-electron chi connectivity index (χ4n) is 4.42. The molecule has 1 amide bonds. The first kappa shape index (κ1) is 21.1. The zero-order valence-corrected chi connectivity index (χ0v) is 19.0. The fourth-order valence-corrected chi connectivity index (χ4v) is 4.42. The van der Waals surface area contributed by atoms with Gasteiger partial charge in [-0.3, -0.25) is 4.79 Å². The van der Waals surface area contributed by atoms with E-state index < -0.39 is 0 Å². The minimum absolute atomic E-state index is 0.0784. The lowest BCUT2D eigenvalue weighted by atomic mass is 9.91. The molecule has 4 rings (SSSR count). The minimum Gasteiger partial charge on any atom is -0.383 e. The van der Waals surface area contributed by atoms with Crippen LogP contribution in [0.3, 0.4) is 0 Å². The van der Waals surface area contributed by atoms with Gasteiger partial charge in [0.05, 0.1) is 18.5 Å². The van der Waals surface area contributed by atoms with Crippen molar-refractivity contribution in [1.29, 1.82) is 0 Å². The lowest BCUT2D eigenvalue weighted by Gasteiger charge is -2.34. The van der Waals surface area contributed by atoms with Crippen LogP contribution in [-0.4, -0.2) is 65.7 Å². The second-order valence-electron chi connectivity index (χ2n) is 9.53. The number of anilines is 1. The third kappa shape index (κ3) is 3.92. The van der Waals surface area contributed by atoms with Crippen molar-refractivity contribution in [2.45, 2.75) is 58.4 Å². The van der Waals surface area contributed by atoms with Crippen molar-refractivity contribution in [3.8, 4) is 0 Å². The van der Waals surface area contributed by atoms with Gasteiger partial charge in [-0.05, 0) is 45.6 Å². The zero-order valence-electron chi connectivity index (χ0n) is 19.0. The van der Waals surface area contributed by atoms with Crippen LogP contribution in [-0.2, 0) is 9.53 Å². The Kier molecular flexibility index (Phi) is 5.75. The highest BCUT2D eigenvalue weighted by atomic mass is 16.5. The molecule has 3 heterocycles. The van der Waals surface area contributed by atoms with E-state index in [1.165, 1.54) is 0 Å². The number of fused-ring (bicyclic) bond motifs is 1. The summed E-state index contributed by atoms with van der Waals surface area (Å²) in [5.41, 5.74) is 3.12. The average Bonchev–Trinajstić information content (AvgIpc) is 3.35. The molecule has 2 aromatic heterocycles. The normalized spacial score (nSPS) is 18.9. The van der Waals surface area contributed by atoms with Gasteiger partial charge in [0.15, 0.2) is 5.82 Å². The zero-order chi connectivity index (χ0) is 21.5. The number of likely N-dealkylation sites (N-methyl/N-ethyl adjacent to an activating group) is 1. The van der Waals surface area contributed by atoms with E-state index in [1.807, 2.05) is 6.33 Å². The Morgan fingerprint density at radius 2 is 2.03 bits per heavy atom. The average molecular weight is 414 g/mol. The highest BCUT2D eigenvalue weighted by Crippen LogP contribution is 2.47. The Hall–Kier alpha value is -2.15. The molecule has 0 bridgehead atoms. The first-order valence-corrected chi connectivity index (χ1v) is 11.2. The van der Waals surface area contributed by atoms with E-state index in [1.54, 1.807) is 7.11 Å². The Labute approximate surface area is 179 Å². The van der Waals surface area contributed by atoms with Crippen molar-refractivity contribution in [2.75, 3.05) is 45.3 Å². The molecule has 30 heavy (non-hydrogen) atoms. The molecule has 1 aliphatic heterocycles. The highest BCUT2D eigenvalue weighted by Gasteiger charge is 2.47. The predicted octanol–water partition coefficient (Wildman–Crippen LogP) is 3.60. The summed E-state index contributed by atoms with van der Waals surface area (Å²) < 4.78 is 7.49. The second kappa shape index (κ2) is 8.17. The van der Waals surface area contributed by atoms with Gasteiger partial charge in [-0.25, -0.2) is 9.97 Å². The number of piperidine rings is 1. The van der Waals surface area contributed by atoms with Gasteiger partial charge in [0.1, 0.15) is 5.52 Å². The molecule has 2 fully saturated rings. The Morgan fingerprint density at radius 1 is 1.33 bits per heavy atom. The number of hydrogen-bond donors (Lipinski definition) is 0. The van der Waals surface area contributed by atoms with Gasteiger partial charge >= 0.3 is 0 Å². The van der Waals surface area contributed by atoms with Gasteiger partial charge < -0.3 is 19.1 Å². The third-order valence-electron chi connectivity index (χ3n) is 6.83. The van der Waals surface area contributed by atoms with Crippen LogP contribution in [0.1, 0.15) is 64.1 Å². The topological polar surface area (TPSA) is 63.5 Å². The van der Waals surface area contributed by atoms with Gasteiger partial charge in [0.25, 0.3) is 0 Å². The molecule has 1 saturated carbocycles. The molecule has 0 atom stereocenters. The van der Waals surface area contributed by atoms with Crippen molar-refractivity contribution < 1.29 is 9.53 Å². The molecule has 0 N–H and O–H groups in total. The first-order chi connectivity index (χ1) is 14.3. The number of pyridine rings is 1. The number of methoxy groups -OCH3 is 1. The number of aromatic nitrogens is 3. The number of hydrogen-bond acceptors (Lipinski definition) is 5. The lowest BCUT2D eigenvalue weighted by Crippen LogP contribution is -2.41. The summed E-state index contributed by atoms with van der Waals surface area (Å²) in [5.74, 6) is 1.64. The Bertz CT molecular complexity index is 910. The summed E-state index contributed by atoms with van der Waals surface area (Å²) in [4.78, 5) is 26.7. The van der Waals surface area contributed by atoms with E-state index >= 15 is 0 Å². The molecule has 0 radical (unpaired) electrons. The number of ether oxygens (including phenoxy) is 1. The van der Waals surface area contributed by atoms with Crippen molar-refractivity contribution in [1.82, 2.24) is 19.4 Å². The number of carbonyl (C=O) groups is 1. The van der Waals surface area contributed by atoms with Gasteiger partial charge in [-0.1, -0.05) is 6.92 Å². The molecular weight excluding hydrogens is 378 g/mol. The maximum atomic E-state index is 12.7. The SMILES string of the molecule is COCCN(C)c1nc(C2CCN(C(=O)C3(C)CC3)CC2)cc2c1ncn2C(C)C. The first-order valence-electron chi connectivity index (χ1n) is 11.2. The number of likely N-dealkylation sites (tertiary alicyclic amines) is 1. The van der Waals surface area contributed by atoms with E-state index in [-0.39, 0.29) is 5.41 Å². The second-order valence-corrected chi connectivity index (χ2v) is 9.53. The van der Waals surface area contributed by atoms with Crippen LogP contribution in [0.15, 0.2) is 12.4 Å². The van der Waals surface area contributed by atoms with Crippen LogP contribution < -0.4 is 4.90 Å². The Balaban J connectivity index is 1.60. The van der Waals surface area contributed by atoms with Crippen LogP contribution in [0, 0.1) is 5.41 Å². The monoisotopic (exact) mass is 413 g/mol. The molecule has 1 aliphatic carbocycles. The van der Waals surface area contributed by atoms with Crippen molar-refractivity contribution in [3.63, 3.8) is 0 Å². The van der Waals surface area contributed by atoms with E-state index in [0.29, 0.717) is 24.5 Å². The summed E-state index contributed by atoms with van der Waals surface area (Å²) >= 11 is 0. The van der Waals surface area contributed by atoms with Crippen LogP contribution in [0.2, 0.25) is 0 Å². The summed E-state index contributed by atoms with van der Waals surface area (Å²) in [7, 11) is 3.77. The summed E-state index contributed by atoms with van der Waals surface area (Å²) in [5, 5.41) is 0. The summed E-state index contributed by atoms with van der Waals surface area (Å²) in [6.45, 7) is 9.53. The van der Waals surface area contributed by atoms with Gasteiger partial charge in [0.2, 0.25) is 5.91 Å². The molecule has 164 valence electrons. The molecular formula is C23H35N5O2. The minimum atomic E-state index is -0.0784. The van der Waals surface area contributed by atoms with E-state index in [4.69, 9.17) is 9.72 Å². The van der Waals surface area contributed by atoms with Crippen molar-refractivity contribution >= 4 is 22.8 Å². The highest BCUT2D eigenvalue weighted by molar-refractivity contribution is 5.87. The summed E-state index contributed by atoms with van der Waals surface area (Å²) in [6.07, 6.45) is 5.95. The number of nitrogens with zero attached hydrogens (tertiary/aromatic N) is 5. The maximum absolute atomic E-state index is 12.7. The number of rotatable bonds is 7. The van der Waals surface area contributed by atoms with Crippen LogP contribution in [0.25, 0.3) is 11.0 Å². The largest absolute Gasteiger partial charge is 0.383 e. The molecule has 0 spiro atoms. The van der Waals surface area contributed by atoms with Crippen molar-refractivity contribution in [3.05, 3.63) is 18.1 Å². The smallest absolute Gasteiger partial charge is 0.228 e. The fraction of sp³-hybridized carbons (Fsp3) is 0.696. The molecule has 7 heteroatoms. The van der Waals surface area contributed by atoms with Crippen LogP contribution >= 0.6 is 0 Å².